The summed E-state index contributed by atoms with van der Waals surface area (Å²) in [6.45, 7) is 1.72. The Balaban J connectivity index is 1.95. The molecule has 0 aliphatic rings. The highest BCUT2D eigenvalue weighted by Crippen LogP contribution is 2.25. The number of benzene rings is 2. The molecule has 0 atom stereocenters. The Bertz CT molecular complexity index is 1010. The van der Waals surface area contributed by atoms with Crippen LogP contribution in [0.5, 0.6) is 0 Å². The molecule has 0 aliphatic heterocycles. The van der Waals surface area contributed by atoms with E-state index in [-0.39, 0.29) is 9.92 Å². The van der Waals surface area contributed by atoms with Gasteiger partial charge in [0, 0.05) is 0 Å². The van der Waals surface area contributed by atoms with Crippen molar-refractivity contribution in [2.24, 2.45) is 0 Å². The number of hydrogen-bond donors (Lipinski definition) is 1. The molecule has 3 rings (SSSR count). The third-order valence-corrected chi connectivity index (χ3v) is 5.02. The van der Waals surface area contributed by atoms with Crippen LogP contribution in [0.25, 0.3) is 5.69 Å². The maximum Gasteiger partial charge on any atom is 0.263 e. The van der Waals surface area contributed by atoms with E-state index in [1.165, 1.54) is 4.68 Å². The highest BCUT2D eigenvalue weighted by atomic mass is 35.5. The standard InChI is InChI=1S/C14H11ClFN5O2S/c1-9-17-19-20-21(9)12-4-2-3-11(8-12)18-24(22,23)14-6-5-10(16)7-13(14)15/h2-8,18H,1H3. The zero-order chi connectivity index (χ0) is 17.3. The van der Waals surface area contributed by atoms with E-state index in [0.29, 0.717) is 17.2 Å². The number of nitrogens with one attached hydrogen (secondary N) is 1. The minimum Gasteiger partial charge on any atom is -0.280 e. The molecule has 0 bridgehead atoms. The summed E-state index contributed by atoms with van der Waals surface area (Å²) >= 11 is 5.82. The van der Waals surface area contributed by atoms with Crippen molar-refractivity contribution in [1.29, 1.82) is 0 Å². The number of aryl methyl sites for hydroxylation is 1. The summed E-state index contributed by atoms with van der Waals surface area (Å²) in [5, 5.41) is 10.9. The normalized spacial score (nSPS) is 11.5. The van der Waals surface area contributed by atoms with Gasteiger partial charge in [-0.25, -0.2) is 12.8 Å². The largest absolute Gasteiger partial charge is 0.280 e. The van der Waals surface area contributed by atoms with Crippen LogP contribution in [-0.2, 0) is 10.0 Å². The predicted octanol–water partition coefficient (Wildman–Crippen LogP) is 2.56. The van der Waals surface area contributed by atoms with E-state index in [0.717, 1.165) is 18.2 Å². The Morgan fingerprint density at radius 3 is 2.67 bits per heavy atom. The molecule has 10 heteroatoms. The van der Waals surface area contributed by atoms with Crippen molar-refractivity contribution in [3.63, 3.8) is 0 Å². The highest BCUT2D eigenvalue weighted by Gasteiger charge is 2.19. The number of aromatic nitrogens is 4. The Hall–Kier alpha value is -2.52. The molecule has 3 aromatic rings. The van der Waals surface area contributed by atoms with Gasteiger partial charge in [-0.3, -0.25) is 4.72 Å². The summed E-state index contributed by atoms with van der Waals surface area (Å²) in [5.41, 5.74) is 0.880. The minimum atomic E-state index is -3.97. The number of anilines is 1. The maximum absolute atomic E-state index is 13.1. The Morgan fingerprint density at radius 1 is 1.21 bits per heavy atom. The first-order chi connectivity index (χ1) is 11.4. The second kappa shape index (κ2) is 6.17. The lowest BCUT2D eigenvalue weighted by atomic mass is 10.3. The molecule has 0 radical (unpaired) electrons. The lowest BCUT2D eigenvalue weighted by Gasteiger charge is -2.11. The second-order valence-corrected chi connectivity index (χ2v) is 6.93. The molecule has 2 aromatic carbocycles. The fraction of sp³-hybridized carbons (Fsp3) is 0.0714. The van der Waals surface area contributed by atoms with Crippen LogP contribution < -0.4 is 4.72 Å². The fourth-order valence-corrected chi connectivity index (χ4v) is 3.66. The van der Waals surface area contributed by atoms with E-state index in [4.69, 9.17) is 11.6 Å². The Labute approximate surface area is 142 Å². The molecule has 0 unspecified atom stereocenters. The van der Waals surface area contributed by atoms with Crippen molar-refractivity contribution in [2.75, 3.05) is 4.72 Å². The molecule has 0 fully saturated rings. The quantitative estimate of drug-likeness (QED) is 0.765. The Morgan fingerprint density at radius 2 is 2.00 bits per heavy atom. The van der Waals surface area contributed by atoms with Gasteiger partial charge in [-0.15, -0.1) is 5.10 Å². The van der Waals surface area contributed by atoms with Crippen LogP contribution in [0.3, 0.4) is 0 Å². The van der Waals surface area contributed by atoms with Crippen molar-refractivity contribution in [3.05, 3.63) is 59.1 Å². The van der Waals surface area contributed by atoms with Crippen LogP contribution in [0.1, 0.15) is 5.82 Å². The van der Waals surface area contributed by atoms with Gasteiger partial charge in [-0.05, 0) is 53.7 Å². The van der Waals surface area contributed by atoms with Gasteiger partial charge in [0.05, 0.1) is 16.4 Å². The molecule has 0 spiro atoms. The monoisotopic (exact) mass is 367 g/mol. The summed E-state index contributed by atoms with van der Waals surface area (Å²) in [6, 6.07) is 9.59. The molecule has 1 heterocycles. The molecule has 0 saturated carbocycles. The number of sulfonamides is 1. The zero-order valence-corrected chi connectivity index (χ0v) is 13.9. The Kier molecular flexibility index (Phi) is 4.20. The van der Waals surface area contributed by atoms with Crippen LogP contribution >= 0.6 is 11.6 Å². The fourth-order valence-electron chi connectivity index (χ4n) is 2.07. The average molecular weight is 368 g/mol. The van der Waals surface area contributed by atoms with Crippen LogP contribution in [0.4, 0.5) is 10.1 Å². The number of halogens is 2. The summed E-state index contributed by atoms with van der Waals surface area (Å²) in [4.78, 5) is -0.213. The molecular formula is C14H11ClFN5O2S. The summed E-state index contributed by atoms with van der Waals surface area (Å²) in [5.74, 6) is -0.0632. The van der Waals surface area contributed by atoms with Crippen LogP contribution in [0.15, 0.2) is 47.4 Å². The van der Waals surface area contributed by atoms with E-state index in [1.54, 1.807) is 31.2 Å². The van der Waals surface area contributed by atoms with Gasteiger partial charge < -0.3 is 0 Å². The van der Waals surface area contributed by atoms with Gasteiger partial charge in [0.15, 0.2) is 5.82 Å². The molecule has 0 saturated heterocycles. The third-order valence-electron chi connectivity index (χ3n) is 3.15. The van der Waals surface area contributed by atoms with Crippen molar-refractivity contribution in [3.8, 4) is 5.69 Å². The molecule has 0 aliphatic carbocycles. The number of nitrogens with zero attached hydrogens (tertiary/aromatic N) is 4. The van der Waals surface area contributed by atoms with Gasteiger partial charge in [-0.2, -0.15) is 4.68 Å². The molecule has 24 heavy (non-hydrogen) atoms. The third kappa shape index (κ3) is 3.22. The average Bonchev–Trinajstić information content (AvgIpc) is 2.92. The van der Waals surface area contributed by atoms with Crippen LogP contribution in [0, 0.1) is 12.7 Å². The lowest BCUT2D eigenvalue weighted by Crippen LogP contribution is -2.14. The number of rotatable bonds is 4. The zero-order valence-electron chi connectivity index (χ0n) is 12.3. The molecular weight excluding hydrogens is 357 g/mol. The maximum atomic E-state index is 13.1. The van der Waals surface area contributed by atoms with Gasteiger partial charge in [0.2, 0.25) is 0 Å². The van der Waals surface area contributed by atoms with Gasteiger partial charge >= 0.3 is 0 Å². The van der Waals surface area contributed by atoms with Gasteiger partial charge in [0.1, 0.15) is 10.7 Å². The first kappa shape index (κ1) is 16.3. The van der Waals surface area contributed by atoms with Crippen molar-refractivity contribution in [1.82, 2.24) is 20.2 Å². The molecule has 124 valence electrons. The van der Waals surface area contributed by atoms with Gasteiger partial charge in [-0.1, -0.05) is 17.7 Å². The van der Waals surface area contributed by atoms with Gasteiger partial charge in [0.25, 0.3) is 10.0 Å². The van der Waals surface area contributed by atoms with E-state index in [9.17, 15) is 12.8 Å². The number of hydrogen-bond acceptors (Lipinski definition) is 5. The first-order valence-corrected chi connectivity index (χ1v) is 8.56. The van der Waals surface area contributed by atoms with E-state index in [1.807, 2.05) is 0 Å². The minimum absolute atomic E-state index is 0.199. The second-order valence-electron chi connectivity index (χ2n) is 4.87. The summed E-state index contributed by atoms with van der Waals surface area (Å²) in [7, 11) is -3.97. The predicted molar refractivity (Wildman–Crippen MR) is 86.1 cm³/mol. The first-order valence-electron chi connectivity index (χ1n) is 6.70. The smallest absolute Gasteiger partial charge is 0.263 e. The molecule has 0 amide bonds. The molecule has 7 nitrogen and oxygen atoms in total. The van der Waals surface area contributed by atoms with Crippen molar-refractivity contribution >= 4 is 27.3 Å². The number of tetrazole rings is 1. The summed E-state index contributed by atoms with van der Waals surface area (Å²) < 4.78 is 41.8. The van der Waals surface area contributed by atoms with E-state index in [2.05, 4.69) is 20.2 Å². The topological polar surface area (TPSA) is 89.8 Å². The van der Waals surface area contributed by atoms with Crippen molar-refractivity contribution in [2.45, 2.75) is 11.8 Å². The van der Waals surface area contributed by atoms with Crippen molar-refractivity contribution < 1.29 is 12.8 Å². The van der Waals surface area contributed by atoms with E-state index >= 15 is 0 Å². The van der Waals surface area contributed by atoms with Crippen LogP contribution in [0.2, 0.25) is 5.02 Å². The summed E-state index contributed by atoms with van der Waals surface area (Å²) in [6.07, 6.45) is 0. The van der Waals surface area contributed by atoms with Crippen LogP contribution in [-0.4, -0.2) is 28.6 Å². The molecule has 1 N–H and O–H groups in total. The molecule has 1 aromatic heterocycles. The van der Waals surface area contributed by atoms with E-state index < -0.39 is 15.8 Å². The highest BCUT2D eigenvalue weighted by molar-refractivity contribution is 7.92. The lowest BCUT2D eigenvalue weighted by molar-refractivity contribution is 0.600. The SMILES string of the molecule is Cc1nnnn1-c1cccc(NS(=O)(=O)c2ccc(F)cc2Cl)c1.